The van der Waals surface area contributed by atoms with Crippen LogP contribution in [0.2, 0.25) is 0 Å². The molecule has 0 fully saturated rings. The second-order valence-corrected chi connectivity index (χ2v) is 5.45. The molecule has 0 spiro atoms. The molecule has 0 aliphatic carbocycles. The Kier molecular flexibility index (Phi) is 6.08. The van der Waals surface area contributed by atoms with Gasteiger partial charge in [0, 0.05) is 6.07 Å². The molecular weight excluding hydrogens is 312 g/mol. The predicted octanol–water partition coefficient (Wildman–Crippen LogP) is 3.59. The van der Waals surface area contributed by atoms with E-state index in [2.05, 4.69) is 5.32 Å². The number of rotatable bonds is 9. The van der Waals surface area contributed by atoms with Crippen LogP contribution in [0.1, 0.15) is 31.9 Å². The predicted molar refractivity (Wildman–Crippen MR) is 88.6 cm³/mol. The molecular formula is C17H20N2O5. The molecule has 2 N–H and O–H groups in total. The smallest absolute Gasteiger partial charge is 0.320 e. The van der Waals surface area contributed by atoms with Crippen LogP contribution in [0.25, 0.3) is 11.3 Å². The van der Waals surface area contributed by atoms with Crippen molar-refractivity contribution in [1.29, 1.82) is 0 Å². The van der Waals surface area contributed by atoms with Crippen molar-refractivity contribution < 1.29 is 19.2 Å². The van der Waals surface area contributed by atoms with E-state index in [9.17, 15) is 20.0 Å². The second kappa shape index (κ2) is 8.26. The van der Waals surface area contributed by atoms with Gasteiger partial charge in [-0.1, -0.05) is 31.9 Å². The lowest BCUT2D eigenvalue weighted by Gasteiger charge is -2.12. The average Bonchev–Trinajstić information content (AvgIpc) is 3.03. The van der Waals surface area contributed by atoms with E-state index < -0.39 is 16.9 Å². The third kappa shape index (κ3) is 4.42. The van der Waals surface area contributed by atoms with E-state index in [1.807, 2.05) is 6.92 Å². The molecule has 0 bridgehead atoms. The monoisotopic (exact) mass is 332 g/mol. The van der Waals surface area contributed by atoms with Crippen LogP contribution < -0.4 is 5.32 Å². The number of nitrogens with zero attached hydrogens (tertiary/aromatic N) is 1. The molecule has 7 nitrogen and oxygen atoms in total. The van der Waals surface area contributed by atoms with E-state index in [4.69, 9.17) is 4.42 Å². The zero-order valence-corrected chi connectivity index (χ0v) is 13.4. The number of carboxylic acid groups (broad SMARTS) is 1. The molecule has 0 saturated heterocycles. The number of benzene rings is 1. The molecule has 0 aliphatic rings. The summed E-state index contributed by atoms with van der Waals surface area (Å²) in [5, 5.41) is 23.2. The van der Waals surface area contributed by atoms with Crippen LogP contribution >= 0.6 is 0 Å². The van der Waals surface area contributed by atoms with Crippen molar-refractivity contribution >= 4 is 11.7 Å². The number of nitro groups is 1. The van der Waals surface area contributed by atoms with E-state index in [0.717, 1.165) is 12.8 Å². The number of nitrogens with one attached hydrogen (secondary N) is 1. The number of para-hydroxylation sites is 1. The number of hydrogen-bond donors (Lipinski definition) is 2. The van der Waals surface area contributed by atoms with Crippen LogP contribution in [-0.2, 0) is 11.3 Å². The Hall–Kier alpha value is -2.67. The lowest BCUT2D eigenvalue weighted by Crippen LogP contribution is -2.36. The highest BCUT2D eigenvalue weighted by Crippen LogP contribution is 2.30. The first kappa shape index (κ1) is 17.7. The van der Waals surface area contributed by atoms with E-state index in [1.165, 1.54) is 6.07 Å². The van der Waals surface area contributed by atoms with Gasteiger partial charge in [0.05, 0.1) is 17.0 Å². The fraction of sp³-hybridized carbons (Fsp3) is 0.353. The summed E-state index contributed by atoms with van der Waals surface area (Å²) in [5.74, 6) is 0.0272. The summed E-state index contributed by atoms with van der Waals surface area (Å²) in [4.78, 5) is 21.8. The van der Waals surface area contributed by atoms with E-state index >= 15 is 0 Å². The van der Waals surface area contributed by atoms with Crippen molar-refractivity contribution in [2.24, 2.45) is 0 Å². The summed E-state index contributed by atoms with van der Waals surface area (Å²) in [5.41, 5.74) is 0.368. The van der Waals surface area contributed by atoms with Gasteiger partial charge in [0.25, 0.3) is 5.69 Å². The summed E-state index contributed by atoms with van der Waals surface area (Å²) in [6.07, 6.45) is 2.29. The Bertz CT molecular complexity index is 711. The average molecular weight is 332 g/mol. The molecule has 2 aromatic rings. The normalized spacial score (nSPS) is 12.0. The molecule has 0 saturated carbocycles. The topological polar surface area (TPSA) is 106 Å². The SMILES string of the molecule is CCCC[C@H](NCc1ccc(-c2ccccc2[N+](=O)[O-])o1)C(=O)O. The van der Waals surface area contributed by atoms with Gasteiger partial charge in [-0.25, -0.2) is 0 Å². The minimum absolute atomic E-state index is 0.0299. The van der Waals surface area contributed by atoms with Crippen molar-refractivity contribution in [1.82, 2.24) is 5.32 Å². The Morgan fingerprint density at radius 2 is 2.08 bits per heavy atom. The van der Waals surface area contributed by atoms with Crippen LogP contribution in [-0.4, -0.2) is 22.0 Å². The zero-order chi connectivity index (χ0) is 17.5. The number of hydrogen-bond acceptors (Lipinski definition) is 5. The van der Waals surface area contributed by atoms with Crippen LogP contribution in [0.4, 0.5) is 5.69 Å². The molecule has 0 radical (unpaired) electrons. The number of furan rings is 1. The van der Waals surface area contributed by atoms with Crippen LogP contribution in [0.5, 0.6) is 0 Å². The van der Waals surface area contributed by atoms with Crippen LogP contribution in [0.15, 0.2) is 40.8 Å². The molecule has 24 heavy (non-hydrogen) atoms. The Morgan fingerprint density at radius 1 is 1.33 bits per heavy atom. The molecule has 128 valence electrons. The van der Waals surface area contributed by atoms with Gasteiger partial charge >= 0.3 is 5.97 Å². The number of carbonyl (C=O) groups is 1. The highest BCUT2D eigenvalue weighted by Gasteiger charge is 2.19. The van der Waals surface area contributed by atoms with Crippen molar-refractivity contribution in [3.8, 4) is 11.3 Å². The third-order valence-electron chi connectivity index (χ3n) is 3.69. The van der Waals surface area contributed by atoms with Gasteiger partial charge < -0.3 is 9.52 Å². The number of carboxylic acids is 1. The molecule has 1 heterocycles. The molecule has 0 aliphatic heterocycles. The number of unbranched alkanes of at least 4 members (excludes halogenated alkanes) is 1. The minimum Gasteiger partial charge on any atom is -0.480 e. The maximum atomic E-state index is 11.2. The highest BCUT2D eigenvalue weighted by molar-refractivity contribution is 5.73. The quantitative estimate of drug-likeness (QED) is 0.537. The molecule has 1 atom stereocenters. The summed E-state index contributed by atoms with van der Waals surface area (Å²) in [7, 11) is 0. The lowest BCUT2D eigenvalue weighted by atomic mass is 10.1. The van der Waals surface area contributed by atoms with Gasteiger partial charge in [0.2, 0.25) is 0 Å². The minimum atomic E-state index is -0.895. The summed E-state index contributed by atoms with van der Waals surface area (Å²) in [6.45, 7) is 2.26. The van der Waals surface area contributed by atoms with E-state index in [0.29, 0.717) is 23.5 Å². The Balaban J connectivity index is 2.08. The van der Waals surface area contributed by atoms with Crippen molar-refractivity contribution in [2.75, 3.05) is 0 Å². The van der Waals surface area contributed by atoms with E-state index in [1.54, 1.807) is 30.3 Å². The first-order chi connectivity index (χ1) is 11.5. The summed E-state index contributed by atoms with van der Waals surface area (Å²) < 4.78 is 5.64. The van der Waals surface area contributed by atoms with Crippen LogP contribution in [0, 0.1) is 10.1 Å². The maximum Gasteiger partial charge on any atom is 0.320 e. The van der Waals surface area contributed by atoms with E-state index in [-0.39, 0.29) is 12.2 Å². The van der Waals surface area contributed by atoms with Crippen molar-refractivity contribution in [3.63, 3.8) is 0 Å². The molecule has 0 amide bonds. The largest absolute Gasteiger partial charge is 0.480 e. The van der Waals surface area contributed by atoms with Crippen LogP contribution in [0.3, 0.4) is 0 Å². The molecule has 1 aromatic heterocycles. The summed E-state index contributed by atoms with van der Waals surface area (Å²) >= 11 is 0. The van der Waals surface area contributed by atoms with Gasteiger partial charge in [-0.3, -0.25) is 20.2 Å². The van der Waals surface area contributed by atoms with Gasteiger partial charge in [0.1, 0.15) is 17.6 Å². The molecule has 7 heteroatoms. The first-order valence-corrected chi connectivity index (χ1v) is 7.81. The Labute approximate surface area is 139 Å². The van der Waals surface area contributed by atoms with Crippen molar-refractivity contribution in [2.45, 2.75) is 38.8 Å². The molecule has 2 rings (SSSR count). The van der Waals surface area contributed by atoms with Gasteiger partial charge in [0.15, 0.2) is 0 Å². The third-order valence-corrected chi connectivity index (χ3v) is 3.69. The Morgan fingerprint density at radius 3 is 2.75 bits per heavy atom. The number of aliphatic carboxylic acids is 1. The maximum absolute atomic E-state index is 11.2. The van der Waals surface area contributed by atoms with Gasteiger partial charge in [-0.05, 0) is 24.6 Å². The van der Waals surface area contributed by atoms with Crippen molar-refractivity contribution in [3.05, 3.63) is 52.3 Å². The zero-order valence-electron chi connectivity index (χ0n) is 13.4. The number of nitro benzene ring substituents is 1. The first-order valence-electron chi connectivity index (χ1n) is 7.81. The molecule has 1 aromatic carbocycles. The summed E-state index contributed by atoms with van der Waals surface area (Å²) in [6, 6.07) is 9.05. The van der Waals surface area contributed by atoms with Gasteiger partial charge in [-0.2, -0.15) is 0 Å². The lowest BCUT2D eigenvalue weighted by molar-refractivity contribution is -0.384. The fourth-order valence-corrected chi connectivity index (χ4v) is 2.40. The van der Waals surface area contributed by atoms with Gasteiger partial charge in [-0.15, -0.1) is 0 Å². The standard InChI is InChI=1S/C17H20N2O5/c1-2-3-7-14(17(20)21)18-11-12-9-10-16(24-12)13-6-4-5-8-15(13)19(22)23/h4-6,8-10,14,18H,2-3,7,11H2,1H3,(H,20,21)/t14-/m0/s1. The second-order valence-electron chi connectivity index (χ2n) is 5.45. The fourth-order valence-electron chi connectivity index (χ4n) is 2.40. The highest BCUT2D eigenvalue weighted by atomic mass is 16.6. The molecule has 0 unspecified atom stereocenters.